The molecule has 0 aliphatic heterocycles. The van der Waals surface area contributed by atoms with E-state index in [4.69, 9.17) is 9.47 Å². The van der Waals surface area contributed by atoms with Gasteiger partial charge in [0.25, 0.3) is 0 Å². The van der Waals surface area contributed by atoms with Crippen molar-refractivity contribution in [2.45, 2.75) is 13.3 Å². The molecule has 5 heteroatoms. The summed E-state index contributed by atoms with van der Waals surface area (Å²) in [5.74, 6) is -1.09. The van der Waals surface area contributed by atoms with Crippen LogP contribution in [-0.2, 0) is 9.53 Å². The number of carboxylic acid groups (broad SMARTS) is 1. The third-order valence-corrected chi connectivity index (χ3v) is 2.23. The summed E-state index contributed by atoms with van der Waals surface area (Å²) >= 11 is 0. The summed E-state index contributed by atoms with van der Waals surface area (Å²) in [6.45, 7) is 5.67. The molecule has 0 radical (unpaired) electrons. The van der Waals surface area contributed by atoms with Crippen LogP contribution in [0, 0.1) is 0 Å². The summed E-state index contributed by atoms with van der Waals surface area (Å²) in [6.07, 6.45) is 0.543. The van der Waals surface area contributed by atoms with Gasteiger partial charge >= 0.3 is 5.97 Å². The Kier molecular flexibility index (Phi) is 5.60. The van der Waals surface area contributed by atoms with Crippen LogP contribution in [0.2, 0.25) is 0 Å². The lowest BCUT2D eigenvalue weighted by Crippen LogP contribution is -2.21. The van der Waals surface area contributed by atoms with Crippen LogP contribution in [0.3, 0.4) is 0 Å². The second kappa shape index (κ2) is 7.20. The van der Waals surface area contributed by atoms with Crippen molar-refractivity contribution in [1.82, 2.24) is 0 Å². The zero-order valence-corrected chi connectivity index (χ0v) is 10.7. The number of hydrogen-bond donors (Lipinski definition) is 0. The zero-order valence-electron chi connectivity index (χ0n) is 10.7. The highest BCUT2D eigenvalue weighted by atomic mass is 16.5. The number of benzene rings is 1. The first-order valence-electron chi connectivity index (χ1n) is 5.77. The fraction of sp³-hybridized carbons (Fsp3) is 0.286. The maximum Gasteiger partial charge on any atom is 0.333 e. The van der Waals surface area contributed by atoms with Gasteiger partial charge in [-0.1, -0.05) is 6.58 Å². The number of hydrogen-bond acceptors (Lipinski definition) is 5. The molecule has 1 aromatic carbocycles. The molecule has 0 aliphatic carbocycles. The Balaban J connectivity index is 2.24. The normalized spacial score (nSPS) is 9.74. The Morgan fingerprint density at radius 3 is 2.37 bits per heavy atom. The lowest BCUT2D eigenvalue weighted by molar-refractivity contribution is -0.255. The molecule has 0 aromatic heterocycles. The minimum Gasteiger partial charge on any atom is -0.545 e. The first-order valence-corrected chi connectivity index (χ1v) is 5.77. The zero-order chi connectivity index (χ0) is 14.3. The van der Waals surface area contributed by atoms with E-state index < -0.39 is 11.9 Å². The SMILES string of the molecule is C=C(C)C(=O)OCCCOc1ccc(C(=O)[O-])cc1. The standard InChI is InChI=1S/C14H16O5/c1-10(2)14(17)19-9-3-8-18-12-6-4-11(5-7-12)13(15)16/h4-7H,1,3,8-9H2,2H3,(H,15,16)/p-1. The minimum absolute atomic E-state index is 0.0998. The Bertz CT molecular complexity index is 461. The number of carbonyl (C=O) groups is 2. The van der Waals surface area contributed by atoms with Crippen LogP contribution in [-0.4, -0.2) is 25.2 Å². The molecule has 0 amide bonds. The molecule has 0 aliphatic rings. The Morgan fingerprint density at radius 1 is 1.21 bits per heavy atom. The second-order valence-corrected chi connectivity index (χ2v) is 3.93. The summed E-state index contributed by atoms with van der Waals surface area (Å²) in [4.78, 5) is 21.6. The van der Waals surface area contributed by atoms with E-state index in [1.807, 2.05) is 0 Å². The Labute approximate surface area is 111 Å². The molecule has 0 N–H and O–H groups in total. The van der Waals surface area contributed by atoms with E-state index >= 15 is 0 Å². The molecule has 102 valence electrons. The molecular weight excluding hydrogens is 248 g/mol. The Hall–Kier alpha value is -2.30. The van der Waals surface area contributed by atoms with Crippen LogP contribution in [0.25, 0.3) is 0 Å². The second-order valence-electron chi connectivity index (χ2n) is 3.93. The number of esters is 1. The highest BCUT2D eigenvalue weighted by molar-refractivity contribution is 5.87. The van der Waals surface area contributed by atoms with E-state index in [0.29, 0.717) is 24.4 Å². The Morgan fingerprint density at radius 2 is 1.84 bits per heavy atom. The van der Waals surface area contributed by atoms with Gasteiger partial charge in [0.1, 0.15) is 5.75 Å². The summed E-state index contributed by atoms with van der Waals surface area (Å²) < 4.78 is 10.2. The average molecular weight is 263 g/mol. The number of aromatic carboxylic acids is 1. The van der Waals surface area contributed by atoms with Gasteiger partial charge in [0.15, 0.2) is 0 Å². The molecule has 0 spiro atoms. The van der Waals surface area contributed by atoms with E-state index in [2.05, 4.69) is 6.58 Å². The molecule has 0 atom stereocenters. The van der Waals surface area contributed by atoms with Crippen molar-refractivity contribution >= 4 is 11.9 Å². The largest absolute Gasteiger partial charge is 0.545 e. The number of carbonyl (C=O) groups excluding carboxylic acids is 2. The predicted molar refractivity (Wildman–Crippen MR) is 66.7 cm³/mol. The van der Waals surface area contributed by atoms with Gasteiger partial charge in [-0.2, -0.15) is 0 Å². The average Bonchev–Trinajstić information content (AvgIpc) is 2.38. The summed E-state index contributed by atoms with van der Waals surface area (Å²) in [5.41, 5.74) is 0.460. The maximum atomic E-state index is 11.1. The first kappa shape index (κ1) is 14.8. The highest BCUT2D eigenvalue weighted by Crippen LogP contribution is 2.11. The molecule has 0 saturated carbocycles. The van der Waals surface area contributed by atoms with Crippen LogP contribution in [0.5, 0.6) is 5.75 Å². The molecule has 1 rings (SSSR count). The van der Waals surface area contributed by atoms with Gasteiger partial charge < -0.3 is 19.4 Å². The fourth-order valence-corrected chi connectivity index (χ4v) is 1.22. The van der Waals surface area contributed by atoms with Gasteiger partial charge in [0.2, 0.25) is 0 Å². The quantitative estimate of drug-likeness (QED) is 0.415. The third kappa shape index (κ3) is 5.25. The van der Waals surface area contributed by atoms with Crippen molar-refractivity contribution in [3.8, 4) is 5.75 Å². The van der Waals surface area contributed by atoms with Gasteiger partial charge in [-0.25, -0.2) is 4.79 Å². The third-order valence-electron chi connectivity index (χ3n) is 2.23. The van der Waals surface area contributed by atoms with E-state index in [1.54, 1.807) is 19.1 Å². The van der Waals surface area contributed by atoms with Gasteiger partial charge in [-0.05, 0) is 36.8 Å². The molecule has 0 unspecified atom stereocenters. The lowest BCUT2D eigenvalue weighted by Gasteiger charge is -2.08. The molecule has 0 bridgehead atoms. The molecule has 1 aromatic rings. The highest BCUT2D eigenvalue weighted by Gasteiger charge is 2.02. The van der Waals surface area contributed by atoms with Crippen LogP contribution in [0.4, 0.5) is 0 Å². The van der Waals surface area contributed by atoms with Gasteiger partial charge in [-0.15, -0.1) is 0 Å². The summed E-state index contributed by atoms with van der Waals surface area (Å²) in [7, 11) is 0. The van der Waals surface area contributed by atoms with Gasteiger partial charge in [0.05, 0.1) is 19.2 Å². The molecular formula is C14H15O5-. The molecule has 0 saturated heterocycles. The van der Waals surface area contributed by atoms with Crippen molar-refractivity contribution in [1.29, 1.82) is 0 Å². The van der Waals surface area contributed by atoms with Crippen LogP contribution >= 0.6 is 0 Å². The van der Waals surface area contributed by atoms with Crippen molar-refractivity contribution in [3.63, 3.8) is 0 Å². The van der Waals surface area contributed by atoms with E-state index in [9.17, 15) is 14.7 Å². The minimum atomic E-state index is -1.22. The van der Waals surface area contributed by atoms with E-state index in [1.165, 1.54) is 12.1 Å². The topological polar surface area (TPSA) is 75.7 Å². The van der Waals surface area contributed by atoms with Crippen molar-refractivity contribution < 1.29 is 24.2 Å². The first-order chi connectivity index (χ1) is 9.00. The van der Waals surface area contributed by atoms with Crippen LogP contribution < -0.4 is 9.84 Å². The van der Waals surface area contributed by atoms with Crippen molar-refractivity contribution in [2.24, 2.45) is 0 Å². The number of carboxylic acids is 1. The lowest BCUT2D eigenvalue weighted by atomic mass is 10.2. The van der Waals surface area contributed by atoms with Crippen molar-refractivity contribution in [2.75, 3.05) is 13.2 Å². The van der Waals surface area contributed by atoms with E-state index in [0.717, 1.165) is 0 Å². The molecule has 0 heterocycles. The smallest absolute Gasteiger partial charge is 0.333 e. The van der Waals surface area contributed by atoms with Crippen molar-refractivity contribution in [3.05, 3.63) is 42.0 Å². The number of ether oxygens (including phenoxy) is 2. The maximum absolute atomic E-state index is 11.1. The number of rotatable bonds is 7. The summed E-state index contributed by atoms with van der Waals surface area (Å²) in [6, 6.07) is 5.91. The molecule has 0 fully saturated rings. The van der Waals surface area contributed by atoms with Crippen LogP contribution in [0.15, 0.2) is 36.4 Å². The fourth-order valence-electron chi connectivity index (χ4n) is 1.22. The molecule has 19 heavy (non-hydrogen) atoms. The van der Waals surface area contributed by atoms with Crippen LogP contribution in [0.1, 0.15) is 23.7 Å². The van der Waals surface area contributed by atoms with Gasteiger partial charge in [-0.3, -0.25) is 0 Å². The monoisotopic (exact) mass is 263 g/mol. The van der Waals surface area contributed by atoms with E-state index in [-0.39, 0.29) is 12.2 Å². The van der Waals surface area contributed by atoms with Gasteiger partial charge in [0, 0.05) is 12.0 Å². The molecule has 5 nitrogen and oxygen atoms in total. The summed E-state index contributed by atoms with van der Waals surface area (Å²) in [5, 5.41) is 10.5. The predicted octanol–water partition coefficient (Wildman–Crippen LogP) is 0.938.